The molecule has 0 aliphatic carbocycles. The van der Waals surface area contributed by atoms with Gasteiger partial charge in [0.2, 0.25) is 17.7 Å². The zero-order valence-electron chi connectivity index (χ0n) is 30.0. The molecule has 0 bridgehead atoms. The van der Waals surface area contributed by atoms with Crippen molar-refractivity contribution in [1.82, 2.24) is 35.5 Å². The number of nitriles is 1. The Hall–Kier alpha value is -6.05. The number of hydrogen-bond donors (Lipinski definition) is 3. The molecule has 15 nitrogen and oxygen atoms in total. The molecule has 1 unspecified atom stereocenters. The normalized spacial score (nSPS) is 14.1. The lowest BCUT2D eigenvalue weighted by Gasteiger charge is -2.19. The lowest BCUT2D eigenvalue weighted by Crippen LogP contribution is -2.43. The minimum atomic E-state index is -3.18. The van der Waals surface area contributed by atoms with Crippen LogP contribution in [0.25, 0.3) is 21.9 Å². The van der Waals surface area contributed by atoms with Crippen LogP contribution in [0.15, 0.2) is 54.7 Å². The summed E-state index contributed by atoms with van der Waals surface area (Å²) >= 11 is 0. The molecule has 282 valence electrons. The summed E-state index contributed by atoms with van der Waals surface area (Å²) < 4.78 is 33.7. The molecule has 5 rings (SSSR count). The number of carbonyl (C=O) groups is 5. The molecule has 1 atom stereocenters. The van der Waals surface area contributed by atoms with Gasteiger partial charge in [0.25, 0.3) is 11.8 Å². The molecule has 3 heterocycles. The average Bonchev–Trinajstić information content (AvgIpc) is 3.76. The van der Waals surface area contributed by atoms with Crippen LogP contribution in [0.3, 0.4) is 0 Å². The highest BCUT2D eigenvalue weighted by atomic mass is 19.3. The number of pyridine rings is 1. The van der Waals surface area contributed by atoms with E-state index < -0.39 is 55.3 Å². The Morgan fingerprint density at radius 3 is 2.45 bits per heavy atom. The number of benzene rings is 2. The Morgan fingerprint density at radius 1 is 0.943 bits per heavy atom. The van der Waals surface area contributed by atoms with Crippen molar-refractivity contribution >= 4 is 57.3 Å². The second kappa shape index (κ2) is 20.1. The number of nitrogens with one attached hydrogen (secondary N) is 3. The van der Waals surface area contributed by atoms with Gasteiger partial charge in [-0.1, -0.05) is 57.2 Å². The molecule has 4 aromatic rings. The fourth-order valence-electron chi connectivity index (χ4n) is 5.27. The van der Waals surface area contributed by atoms with E-state index in [4.69, 9.17) is 10.00 Å². The van der Waals surface area contributed by atoms with E-state index in [-0.39, 0.29) is 42.2 Å². The topological polar surface area (TPSA) is 201 Å². The van der Waals surface area contributed by atoms with Crippen LogP contribution in [0.2, 0.25) is 0 Å². The van der Waals surface area contributed by atoms with Crippen LogP contribution in [0.5, 0.6) is 0 Å². The lowest BCUT2D eigenvalue weighted by molar-refractivity contribution is -0.131. The zero-order chi connectivity index (χ0) is 39.0. The maximum atomic E-state index is 13.7. The van der Waals surface area contributed by atoms with E-state index >= 15 is 0 Å². The summed E-state index contributed by atoms with van der Waals surface area (Å²) in [5, 5.41) is 24.8. The SMILES string of the molecule is CC.CC.N#CC1CC(F)(F)CN1C(=O)CNC(=O)c1ccnc2c(NC(=O)CNC(=O)CCCCCOC(=O)n3nnc4ccccc43)cccc12. The van der Waals surface area contributed by atoms with E-state index in [1.165, 1.54) is 12.3 Å². The molecule has 0 saturated carbocycles. The summed E-state index contributed by atoms with van der Waals surface area (Å²) in [6, 6.07) is 13.5. The fraction of sp³-hybridized carbons (Fsp3) is 0.417. The smallest absolute Gasteiger partial charge is 0.436 e. The molecule has 0 radical (unpaired) electrons. The quantitative estimate of drug-likeness (QED) is 0.169. The number of unbranched alkanes of at least 4 members (excludes halogenated alkanes) is 2. The molecular weight excluding hydrogens is 692 g/mol. The molecule has 0 spiro atoms. The third-order valence-corrected chi connectivity index (χ3v) is 7.67. The standard InChI is InChI=1S/C32H31F2N9O6.2C2H6/c33-32(34)15-20(16-35)42(19-32)28(46)18-38-30(47)22-12-13-36-29-21(22)7-6-9-24(29)39-27(45)17-37-26(44)11-2-1-5-14-49-31(48)43-25-10-4-3-8-23(25)40-41-43;2*1-2/h3-4,6-10,12-13,20H,1-2,5,11,14-15,17-19H2,(H,37,44)(H,38,47)(H,39,45);2*1-2H3. The maximum Gasteiger partial charge on any atom is 0.436 e. The predicted molar refractivity (Wildman–Crippen MR) is 192 cm³/mol. The first-order chi connectivity index (χ1) is 25.6. The lowest BCUT2D eigenvalue weighted by atomic mass is 10.1. The number of nitrogens with zero attached hydrogens (tertiary/aromatic N) is 6. The Balaban J connectivity index is 0.00000183. The average molecular weight is 736 g/mol. The van der Waals surface area contributed by atoms with Crippen LogP contribution in [-0.4, -0.2) is 92.8 Å². The summed E-state index contributed by atoms with van der Waals surface area (Å²) in [7, 11) is 0. The first-order valence-corrected chi connectivity index (χ1v) is 17.3. The number of fused-ring (bicyclic) bond motifs is 2. The molecular formula is C36H43F2N9O6. The molecule has 2 aromatic heterocycles. The van der Waals surface area contributed by atoms with Gasteiger partial charge in [-0.2, -0.15) is 5.26 Å². The van der Waals surface area contributed by atoms with E-state index in [0.717, 1.165) is 9.58 Å². The van der Waals surface area contributed by atoms with Gasteiger partial charge in [-0.3, -0.25) is 24.2 Å². The minimum Gasteiger partial charge on any atom is -0.448 e. The Bertz CT molecular complexity index is 1950. The van der Waals surface area contributed by atoms with E-state index in [9.17, 15) is 32.8 Å². The molecule has 1 fully saturated rings. The van der Waals surface area contributed by atoms with E-state index in [1.54, 1.807) is 48.5 Å². The van der Waals surface area contributed by atoms with Crippen molar-refractivity contribution in [1.29, 1.82) is 5.26 Å². The van der Waals surface area contributed by atoms with Gasteiger partial charge in [0.15, 0.2) is 0 Å². The second-order valence-electron chi connectivity index (χ2n) is 11.2. The Morgan fingerprint density at radius 2 is 1.70 bits per heavy atom. The molecule has 2 aromatic carbocycles. The van der Waals surface area contributed by atoms with E-state index in [2.05, 4.69) is 31.2 Å². The molecule has 1 aliphatic rings. The molecule has 3 N–H and O–H groups in total. The van der Waals surface area contributed by atoms with Crippen molar-refractivity contribution in [2.45, 2.75) is 71.8 Å². The fourth-order valence-corrected chi connectivity index (χ4v) is 5.27. The molecule has 53 heavy (non-hydrogen) atoms. The van der Waals surface area contributed by atoms with Gasteiger partial charge >= 0.3 is 6.09 Å². The number of likely N-dealkylation sites (tertiary alicyclic amines) is 1. The van der Waals surface area contributed by atoms with Crippen molar-refractivity contribution in [3.05, 3.63) is 60.3 Å². The van der Waals surface area contributed by atoms with Crippen LogP contribution in [-0.2, 0) is 19.1 Å². The molecule has 1 aliphatic heterocycles. The Labute approximate surface area is 305 Å². The highest BCUT2D eigenvalue weighted by molar-refractivity contribution is 6.11. The second-order valence-corrected chi connectivity index (χ2v) is 11.2. The van der Waals surface area contributed by atoms with Gasteiger partial charge in [0.05, 0.1) is 49.1 Å². The van der Waals surface area contributed by atoms with Crippen molar-refractivity contribution in [2.24, 2.45) is 0 Å². The first-order valence-electron chi connectivity index (χ1n) is 17.3. The number of aromatic nitrogens is 4. The van der Waals surface area contributed by atoms with Crippen molar-refractivity contribution < 1.29 is 37.5 Å². The van der Waals surface area contributed by atoms with Gasteiger partial charge in [-0.25, -0.2) is 13.6 Å². The number of anilines is 1. The van der Waals surface area contributed by atoms with Gasteiger partial charge < -0.3 is 25.6 Å². The number of halogens is 2. The van der Waals surface area contributed by atoms with Crippen LogP contribution in [0.4, 0.5) is 19.3 Å². The summed E-state index contributed by atoms with van der Waals surface area (Å²) in [6.07, 6.45) is 1.71. The van der Waals surface area contributed by atoms with Crippen molar-refractivity contribution in [3.63, 3.8) is 0 Å². The van der Waals surface area contributed by atoms with Crippen LogP contribution in [0.1, 0.15) is 70.2 Å². The van der Waals surface area contributed by atoms with Gasteiger partial charge in [-0.15, -0.1) is 9.78 Å². The van der Waals surface area contributed by atoms with Crippen molar-refractivity contribution in [2.75, 3.05) is 31.6 Å². The van der Waals surface area contributed by atoms with Crippen molar-refractivity contribution in [3.8, 4) is 6.07 Å². The number of alkyl halides is 2. The number of para-hydroxylation sites is 2. The van der Waals surface area contributed by atoms with E-state index in [1.807, 2.05) is 27.7 Å². The van der Waals surface area contributed by atoms with Gasteiger partial charge in [0.1, 0.15) is 17.1 Å². The maximum absolute atomic E-state index is 13.7. The molecule has 17 heteroatoms. The van der Waals surface area contributed by atoms with E-state index in [0.29, 0.717) is 35.7 Å². The monoisotopic (exact) mass is 735 g/mol. The molecule has 1 saturated heterocycles. The van der Waals surface area contributed by atoms with Crippen LogP contribution >= 0.6 is 0 Å². The van der Waals surface area contributed by atoms with Gasteiger partial charge in [-0.05, 0) is 43.5 Å². The third-order valence-electron chi connectivity index (χ3n) is 7.67. The number of hydrogen-bond acceptors (Lipinski definition) is 10. The van der Waals surface area contributed by atoms with Crippen LogP contribution < -0.4 is 16.0 Å². The zero-order valence-corrected chi connectivity index (χ0v) is 30.0. The van der Waals surface area contributed by atoms with Gasteiger partial charge in [0, 0.05) is 24.4 Å². The highest BCUT2D eigenvalue weighted by Crippen LogP contribution is 2.31. The predicted octanol–water partition coefficient (Wildman–Crippen LogP) is 4.82. The summed E-state index contributed by atoms with van der Waals surface area (Å²) in [5.41, 5.74) is 1.77. The number of carbonyl (C=O) groups excluding carboxylic acids is 5. The summed E-state index contributed by atoms with van der Waals surface area (Å²) in [6.45, 7) is 6.33. The summed E-state index contributed by atoms with van der Waals surface area (Å²) in [4.78, 5) is 67.6. The molecule has 4 amide bonds. The largest absolute Gasteiger partial charge is 0.448 e. The summed E-state index contributed by atoms with van der Waals surface area (Å²) in [5.74, 6) is -5.56. The first kappa shape index (κ1) is 41.4. The Kier molecular flexibility index (Phi) is 15.7. The number of amides is 4. The number of ether oxygens (including phenoxy) is 1. The highest BCUT2D eigenvalue weighted by Gasteiger charge is 2.47. The van der Waals surface area contributed by atoms with Crippen LogP contribution in [0, 0.1) is 11.3 Å². The number of rotatable bonds is 12. The third kappa shape index (κ3) is 11.2. The minimum absolute atomic E-state index is 0.118.